The highest BCUT2D eigenvalue weighted by Crippen LogP contribution is 2.37. The van der Waals surface area contributed by atoms with Crippen LogP contribution in [0.4, 0.5) is 0 Å². The Morgan fingerprint density at radius 3 is 2.15 bits per heavy atom. The Kier molecular flexibility index (Phi) is 5.33. The Labute approximate surface area is 162 Å². The van der Waals surface area contributed by atoms with Gasteiger partial charge in [0, 0.05) is 6.61 Å². The standard InChI is InChI=1S/C20H30BNO5/c1-19(2)20(3,4)27-21(26-19)14-11-15(17-7-5-6-8-24-17)22-16(12-14)18-13-23-9-10-25-18/h11-12,17-18H,5-10,13H2,1-4H3. The van der Waals surface area contributed by atoms with Crippen LogP contribution < -0.4 is 5.46 Å². The fourth-order valence-corrected chi connectivity index (χ4v) is 3.67. The van der Waals surface area contributed by atoms with Crippen LogP contribution in [-0.4, -0.2) is 49.7 Å². The fourth-order valence-electron chi connectivity index (χ4n) is 3.67. The van der Waals surface area contributed by atoms with Gasteiger partial charge in [0.15, 0.2) is 0 Å². The Morgan fingerprint density at radius 2 is 1.56 bits per heavy atom. The first-order valence-corrected chi connectivity index (χ1v) is 10.0. The number of ether oxygens (including phenoxy) is 3. The minimum atomic E-state index is -0.427. The van der Waals surface area contributed by atoms with Crippen LogP contribution in [0.5, 0.6) is 0 Å². The largest absolute Gasteiger partial charge is 0.494 e. The maximum Gasteiger partial charge on any atom is 0.494 e. The summed E-state index contributed by atoms with van der Waals surface area (Å²) in [5, 5.41) is 0. The predicted molar refractivity (Wildman–Crippen MR) is 102 cm³/mol. The Bertz CT molecular complexity index is 616. The molecule has 0 saturated carbocycles. The van der Waals surface area contributed by atoms with Gasteiger partial charge in [-0.2, -0.15) is 0 Å². The Hall–Kier alpha value is -0.985. The lowest BCUT2D eigenvalue weighted by molar-refractivity contribution is -0.0920. The van der Waals surface area contributed by atoms with Gasteiger partial charge in [-0.3, -0.25) is 4.98 Å². The van der Waals surface area contributed by atoms with Gasteiger partial charge < -0.3 is 23.5 Å². The van der Waals surface area contributed by atoms with E-state index >= 15 is 0 Å². The highest BCUT2D eigenvalue weighted by Gasteiger charge is 2.52. The maximum absolute atomic E-state index is 6.27. The van der Waals surface area contributed by atoms with Crippen molar-refractivity contribution in [1.82, 2.24) is 4.98 Å². The van der Waals surface area contributed by atoms with Crippen molar-refractivity contribution in [2.75, 3.05) is 26.4 Å². The van der Waals surface area contributed by atoms with Crippen LogP contribution in [-0.2, 0) is 23.5 Å². The lowest BCUT2D eigenvalue weighted by atomic mass is 9.78. The SMILES string of the molecule is CC1(C)OB(c2cc(C3CCCCO3)nc(C3COCCO3)c2)OC1(C)C. The summed E-state index contributed by atoms with van der Waals surface area (Å²) in [6.07, 6.45) is 3.11. The molecular weight excluding hydrogens is 345 g/mol. The van der Waals surface area contributed by atoms with Gasteiger partial charge in [-0.1, -0.05) is 0 Å². The molecule has 3 fully saturated rings. The fraction of sp³-hybridized carbons (Fsp3) is 0.750. The minimum Gasteiger partial charge on any atom is -0.399 e. The van der Waals surface area contributed by atoms with E-state index in [0.717, 1.165) is 42.7 Å². The third kappa shape index (κ3) is 3.94. The molecule has 1 aromatic rings. The van der Waals surface area contributed by atoms with Crippen molar-refractivity contribution in [3.63, 3.8) is 0 Å². The van der Waals surface area contributed by atoms with Crippen molar-refractivity contribution in [3.05, 3.63) is 23.5 Å². The third-order valence-electron chi connectivity index (χ3n) is 6.07. The molecule has 3 saturated heterocycles. The summed E-state index contributed by atoms with van der Waals surface area (Å²) in [7, 11) is -0.427. The quantitative estimate of drug-likeness (QED) is 0.758. The zero-order valence-corrected chi connectivity index (χ0v) is 16.8. The van der Waals surface area contributed by atoms with Crippen LogP contribution in [0.2, 0.25) is 0 Å². The highest BCUT2D eigenvalue weighted by atomic mass is 16.7. The number of pyridine rings is 1. The smallest absolute Gasteiger partial charge is 0.399 e. The zero-order valence-electron chi connectivity index (χ0n) is 16.8. The third-order valence-corrected chi connectivity index (χ3v) is 6.07. The topological polar surface area (TPSA) is 59.0 Å². The first-order valence-electron chi connectivity index (χ1n) is 10.0. The molecule has 27 heavy (non-hydrogen) atoms. The molecule has 4 heterocycles. The van der Waals surface area contributed by atoms with Crippen molar-refractivity contribution in [3.8, 4) is 0 Å². The van der Waals surface area contributed by atoms with Crippen LogP contribution in [0.25, 0.3) is 0 Å². The second kappa shape index (κ2) is 7.45. The van der Waals surface area contributed by atoms with E-state index in [9.17, 15) is 0 Å². The van der Waals surface area contributed by atoms with Gasteiger partial charge in [-0.25, -0.2) is 0 Å². The molecule has 148 valence electrons. The first kappa shape index (κ1) is 19.3. The van der Waals surface area contributed by atoms with Crippen molar-refractivity contribution in [2.24, 2.45) is 0 Å². The van der Waals surface area contributed by atoms with Gasteiger partial charge in [-0.05, 0) is 64.6 Å². The van der Waals surface area contributed by atoms with Gasteiger partial charge in [0.2, 0.25) is 0 Å². The molecule has 4 rings (SSSR count). The second-order valence-electron chi connectivity index (χ2n) is 8.63. The molecule has 6 nitrogen and oxygen atoms in total. The maximum atomic E-state index is 6.27. The van der Waals surface area contributed by atoms with E-state index in [1.165, 1.54) is 0 Å². The lowest BCUT2D eigenvalue weighted by Crippen LogP contribution is -2.41. The second-order valence-corrected chi connectivity index (χ2v) is 8.63. The van der Waals surface area contributed by atoms with Crippen LogP contribution in [0.1, 0.15) is 70.6 Å². The van der Waals surface area contributed by atoms with Crippen molar-refractivity contribution in [1.29, 1.82) is 0 Å². The summed E-state index contributed by atoms with van der Waals surface area (Å²) in [5.74, 6) is 0. The minimum absolute atomic E-state index is 0.0179. The molecule has 0 radical (unpaired) electrons. The summed E-state index contributed by atoms with van der Waals surface area (Å²) in [6.45, 7) is 10.8. The average Bonchev–Trinajstić information content (AvgIpc) is 2.90. The molecular formula is C20H30BNO5. The summed E-state index contributed by atoms with van der Waals surface area (Å²) in [6, 6.07) is 4.11. The van der Waals surface area contributed by atoms with Crippen LogP contribution in [0.3, 0.4) is 0 Å². The summed E-state index contributed by atoms with van der Waals surface area (Å²) < 4.78 is 30.0. The summed E-state index contributed by atoms with van der Waals surface area (Å²) in [4.78, 5) is 4.88. The van der Waals surface area contributed by atoms with E-state index in [0.29, 0.717) is 19.8 Å². The zero-order chi connectivity index (χ0) is 19.1. The van der Waals surface area contributed by atoms with Gasteiger partial charge in [0.25, 0.3) is 0 Å². The normalized spacial score (nSPS) is 30.4. The molecule has 7 heteroatoms. The Balaban J connectivity index is 1.67. The Morgan fingerprint density at radius 1 is 0.889 bits per heavy atom. The molecule has 0 spiro atoms. The van der Waals surface area contributed by atoms with Gasteiger partial charge >= 0.3 is 7.12 Å². The average molecular weight is 375 g/mol. The lowest BCUT2D eigenvalue weighted by Gasteiger charge is -2.32. The van der Waals surface area contributed by atoms with E-state index < -0.39 is 7.12 Å². The van der Waals surface area contributed by atoms with Gasteiger partial charge in [0.1, 0.15) is 6.10 Å². The summed E-state index contributed by atoms with van der Waals surface area (Å²) in [5.41, 5.74) is 2.01. The molecule has 2 atom stereocenters. The molecule has 0 aromatic carbocycles. The van der Waals surface area contributed by atoms with E-state index in [4.69, 9.17) is 28.5 Å². The number of aromatic nitrogens is 1. The number of hydrogen-bond donors (Lipinski definition) is 0. The van der Waals surface area contributed by atoms with Crippen LogP contribution in [0.15, 0.2) is 12.1 Å². The molecule has 3 aliphatic rings. The number of nitrogens with zero attached hydrogens (tertiary/aromatic N) is 1. The van der Waals surface area contributed by atoms with Crippen molar-refractivity contribution in [2.45, 2.75) is 70.4 Å². The van der Waals surface area contributed by atoms with E-state index in [1.54, 1.807) is 0 Å². The van der Waals surface area contributed by atoms with Crippen molar-refractivity contribution < 1.29 is 23.5 Å². The molecule has 0 amide bonds. The molecule has 3 aliphatic heterocycles. The highest BCUT2D eigenvalue weighted by molar-refractivity contribution is 6.62. The molecule has 0 aliphatic carbocycles. The monoisotopic (exact) mass is 375 g/mol. The molecule has 1 aromatic heterocycles. The number of hydrogen-bond acceptors (Lipinski definition) is 6. The molecule has 0 bridgehead atoms. The van der Waals surface area contributed by atoms with Crippen molar-refractivity contribution >= 4 is 12.6 Å². The van der Waals surface area contributed by atoms with E-state index in [-0.39, 0.29) is 23.4 Å². The van der Waals surface area contributed by atoms with Gasteiger partial charge in [-0.15, -0.1) is 0 Å². The summed E-state index contributed by atoms with van der Waals surface area (Å²) >= 11 is 0. The van der Waals surface area contributed by atoms with Crippen LogP contribution in [0, 0.1) is 0 Å². The molecule has 0 N–H and O–H groups in total. The van der Waals surface area contributed by atoms with E-state index in [1.807, 2.05) is 6.07 Å². The van der Waals surface area contributed by atoms with Gasteiger partial charge in [0.05, 0.1) is 48.5 Å². The van der Waals surface area contributed by atoms with Crippen LogP contribution >= 0.6 is 0 Å². The first-order chi connectivity index (χ1) is 12.9. The van der Waals surface area contributed by atoms with E-state index in [2.05, 4.69) is 33.8 Å². The predicted octanol–water partition coefficient (Wildman–Crippen LogP) is 2.71. The molecule has 2 unspecified atom stereocenters. The number of rotatable bonds is 3.